The molecule has 3 N–H and O–H groups in total. The summed E-state index contributed by atoms with van der Waals surface area (Å²) in [5, 5.41) is 20.8. The largest absolute Gasteiger partial charge is 0.394 e. The molecule has 5 heteroatoms. The molecule has 1 amide bonds. The molecule has 76 valence electrons. The van der Waals surface area contributed by atoms with Crippen LogP contribution in [0.15, 0.2) is 0 Å². The number of carbonyl (C=O) groups is 1. The van der Waals surface area contributed by atoms with E-state index in [0.29, 0.717) is 13.0 Å². The van der Waals surface area contributed by atoms with Crippen LogP contribution >= 0.6 is 0 Å². The Bertz CT molecular complexity index is 185. The molecule has 0 unspecified atom stereocenters. The van der Waals surface area contributed by atoms with E-state index in [2.05, 4.69) is 5.32 Å². The second-order valence-electron chi connectivity index (χ2n) is 3.25. The van der Waals surface area contributed by atoms with Gasteiger partial charge in [0.25, 0.3) is 0 Å². The van der Waals surface area contributed by atoms with Crippen LogP contribution in [-0.4, -0.2) is 47.6 Å². The average molecular weight is 189 g/mol. The van der Waals surface area contributed by atoms with Gasteiger partial charge in [0, 0.05) is 6.92 Å². The lowest BCUT2D eigenvalue weighted by Gasteiger charge is -2.32. The molecule has 1 aliphatic rings. The summed E-state index contributed by atoms with van der Waals surface area (Å²) in [4.78, 5) is 10.7. The van der Waals surface area contributed by atoms with Crippen molar-refractivity contribution in [1.29, 1.82) is 0 Å². The monoisotopic (exact) mass is 189 g/mol. The van der Waals surface area contributed by atoms with E-state index in [1.54, 1.807) is 0 Å². The SMILES string of the molecule is CC(=O)N[C@H]1CO[C@H](CO)[C@@H](O)C1. The molecule has 1 heterocycles. The van der Waals surface area contributed by atoms with Crippen molar-refractivity contribution in [3.05, 3.63) is 0 Å². The van der Waals surface area contributed by atoms with Gasteiger partial charge in [0.1, 0.15) is 6.10 Å². The van der Waals surface area contributed by atoms with Crippen molar-refractivity contribution < 1.29 is 19.7 Å². The number of rotatable bonds is 2. The minimum Gasteiger partial charge on any atom is -0.394 e. The molecule has 0 radical (unpaired) electrons. The van der Waals surface area contributed by atoms with Crippen LogP contribution in [0.3, 0.4) is 0 Å². The second kappa shape index (κ2) is 4.55. The Morgan fingerprint density at radius 1 is 1.69 bits per heavy atom. The lowest BCUT2D eigenvalue weighted by molar-refractivity contribution is -0.127. The molecule has 13 heavy (non-hydrogen) atoms. The lowest BCUT2D eigenvalue weighted by atomic mass is 10.0. The van der Waals surface area contributed by atoms with Gasteiger partial charge in [0.2, 0.25) is 5.91 Å². The summed E-state index contributed by atoms with van der Waals surface area (Å²) in [6.45, 7) is 1.58. The maximum Gasteiger partial charge on any atom is 0.217 e. The summed E-state index contributed by atoms with van der Waals surface area (Å²) in [7, 11) is 0. The van der Waals surface area contributed by atoms with Crippen molar-refractivity contribution >= 4 is 5.91 Å². The third-order valence-electron chi connectivity index (χ3n) is 2.05. The maximum atomic E-state index is 10.7. The van der Waals surface area contributed by atoms with Crippen molar-refractivity contribution in [1.82, 2.24) is 5.32 Å². The fourth-order valence-corrected chi connectivity index (χ4v) is 1.42. The van der Waals surface area contributed by atoms with Crippen LogP contribution in [0, 0.1) is 0 Å². The summed E-state index contributed by atoms with van der Waals surface area (Å²) in [6.07, 6.45) is -0.772. The third kappa shape index (κ3) is 2.95. The van der Waals surface area contributed by atoms with Crippen LogP contribution in [0.2, 0.25) is 0 Å². The smallest absolute Gasteiger partial charge is 0.217 e. The van der Waals surface area contributed by atoms with Crippen molar-refractivity contribution in [3.8, 4) is 0 Å². The number of amides is 1. The molecule has 0 aliphatic carbocycles. The van der Waals surface area contributed by atoms with Crippen molar-refractivity contribution in [2.75, 3.05) is 13.2 Å². The zero-order valence-corrected chi connectivity index (χ0v) is 7.56. The fraction of sp³-hybridized carbons (Fsp3) is 0.875. The summed E-state index contributed by atoms with van der Waals surface area (Å²) in [5.74, 6) is -0.136. The molecule has 0 saturated carbocycles. The Morgan fingerprint density at radius 2 is 2.38 bits per heavy atom. The van der Waals surface area contributed by atoms with Gasteiger partial charge in [0.15, 0.2) is 0 Å². The number of hydrogen-bond acceptors (Lipinski definition) is 4. The summed E-state index contributed by atoms with van der Waals surface area (Å²) < 4.78 is 5.14. The van der Waals surface area contributed by atoms with E-state index in [1.807, 2.05) is 0 Å². The zero-order chi connectivity index (χ0) is 9.84. The number of aliphatic hydroxyl groups excluding tert-OH is 2. The number of nitrogens with one attached hydrogen (secondary N) is 1. The molecular weight excluding hydrogens is 174 g/mol. The Morgan fingerprint density at radius 3 is 2.85 bits per heavy atom. The molecule has 0 spiro atoms. The van der Waals surface area contributed by atoms with Crippen LogP contribution in [0.1, 0.15) is 13.3 Å². The molecule has 1 aliphatic heterocycles. The number of hydrogen-bond donors (Lipinski definition) is 3. The van der Waals surface area contributed by atoms with Gasteiger partial charge in [-0.05, 0) is 6.42 Å². The van der Waals surface area contributed by atoms with E-state index >= 15 is 0 Å². The lowest BCUT2D eigenvalue weighted by Crippen LogP contribution is -2.49. The third-order valence-corrected chi connectivity index (χ3v) is 2.05. The molecule has 0 aromatic rings. The Kier molecular flexibility index (Phi) is 3.65. The summed E-state index contributed by atoms with van der Waals surface area (Å²) >= 11 is 0. The van der Waals surface area contributed by atoms with Gasteiger partial charge >= 0.3 is 0 Å². The normalized spacial score (nSPS) is 34.2. The molecule has 1 rings (SSSR count). The van der Waals surface area contributed by atoms with Gasteiger partial charge in [0.05, 0.1) is 25.4 Å². The fourth-order valence-electron chi connectivity index (χ4n) is 1.42. The van der Waals surface area contributed by atoms with Gasteiger partial charge in [-0.25, -0.2) is 0 Å². The molecule has 3 atom stereocenters. The number of carbonyl (C=O) groups excluding carboxylic acids is 1. The van der Waals surface area contributed by atoms with Crippen LogP contribution in [0.25, 0.3) is 0 Å². The standard InChI is InChI=1S/C8H15NO4/c1-5(11)9-6-2-7(12)8(3-10)13-4-6/h6-8,10,12H,2-4H2,1H3,(H,9,11)/t6-,7+,8-/m1/s1. The van der Waals surface area contributed by atoms with E-state index in [9.17, 15) is 9.90 Å². The molecule has 1 saturated heterocycles. The van der Waals surface area contributed by atoms with Gasteiger partial charge in [-0.2, -0.15) is 0 Å². The first-order valence-corrected chi connectivity index (χ1v) is 4.31. The number of ether oxygens (including phenoxy) is 1. The molecule has 0 aromatic heterocycles. The summed E-state index contributed by atoms with van der Waals surface area (Å²) in [5.41, 5.74) is 0. The Labute approximate surface area is 76.7 Å². The van der Waals surface area contributed by atoms with E-state index < -0.39 is 12.2 Å². The van der Waals surface area contributed by atoms with Crippen molar-refractivity contribution in [2.24, 2.45) is 0 Å². The highest BCUT2D eigenvalue weighted by Crippen LogP contribution is 2.13. The molecule has 0 aromatic carbocycles. The highest BCUT2D eigenvalue weighted by atomic mass is 16.5. The molecular formula is C8H15NO4. The van der Waals surface area contributed by atoms with Crippen LogP contribution in [0.4, 0.5) is 0 Å². The quantitative estimate of drug-likeness (QED) is 0.501. The van der Waals surface area contributed by atoms with Crippen LogP contribution in [-0.2, 0) is 9.53 Å². The molecule has 5 nitrogen and oxygen atoms in total. The van der Waals surface area contributed by atoms with Gasteiger partial charge in [-0.15, -0.1) is 0 Å². The first kappa shape index (κ1) is 10.4. The zero-order valence-electron chi connectivity index (χ0n) is 7.56. The van der Waals surface area contributed by atoms with Gasteiger partial charge in [-0.3, -0.25) is 4.79 Å². The van der Waals surface area contributed by atoms with E-state index in [0.717, 1.165) is 0 Å². The summed E-state index contributed by atoms with van der Waals surface area (Å²) in [6, 6.07) is -0.143. The maximum absolute atomic E-state index is 10.7. The Balaban J connectivity index is 2.36. The highest BCUT2D eigenvalue weighted by molar-refractivity contribution is 5.73. The van der Waals surface area contributed by atoms with E-state index in [-0.39, 0.29) is 18.6 Å². The van der Waals surface area contributed by atoms with E-state index in [1.165, 1.54) is 6.92 Å². The van der Waals surface area contributed by atoms with Gasteiger partial charge < -0.3 is 20.3 Å². The predicted molar refractivity (Wildman–Crippen MR) is 45.1 cm³/mol. The topological polar surface area (TPSA) is 78.8 Å². The van der Waals surface area contributed by atoms with Crippen molar-refractivity contribution in [3.63, 3.8) is 0 Å². The van der Waals surface area contributed by atoms with Crippen LogP contribution in [0.5, 0.6) is 0 Å². The predicted octanol–water partition coefficient (Wildman–Crippen LogP) is -1.37. The van der Waals surface area contributed by atoms with Gasteiger partial charge in [-0.1, -0.05) is 0 Å². The first-order valence-electron chi connectivity index (χ1n) is 4.31. The Hall–Kier alpha value is -0.650. The van der Waals surface area contributed by atoms with Crippen molar-refractivity contribution in [2.45, 2.75) is 31.6 Å². The average Bonchev–Trinajstić information content (AvgIpc) is 2.03. The second-order valence-corrected chi connectivity index (χ2v) is 3.25. The van der Waals surface area contributed by atoms with E-state index in [4.69, 9.17) is 9.84 Å². The molecule has 0 bridgehead atoms. The highest BCUT2D eigenvalue weighted by Gasteiger charge is 2.29. The minimum absolute atomic E-state index is 0.136. The minimum atomic E-state index is -0.699. The first-order chi connectivity index (χ1) is 6.13. The van der Waals surface area contributed by atoms with Crippen LogP contribution < -0.4 is 5.32 Å². The number of aliphatic hydroxyl groups is 2. The molecule has 1 fully saturated rings.